The number of piperidine rings is 1. The zero-order valence-electron chi connectivity index (χ0n) is 11.2. The second-order valence-electron chi connectivity index (χ2n) is 4.97. The Hall–Kier alpha value is -1.31. The van der Waals surface area contributed by atoms with E-state index in [-0.39, 0.29) is 13.3 Å². The fourth-order valence-corrected chi connectivity index (χ4v) is 3.69. The Kier molecular flexibility index (Phi) is 3.82. The standard InChI is InChI=1S/C13H18N2O4S/c16-20(17,15-6-2-1-3-7-15)14-9-11-4-5-12-13(8-11)19-10-18-12/h4-5,8,14H,1-3,6-7,9-10H2. The predicted octanol–water partition coefficient (Wildman–Crippen LogP) is 1.24. The van der Waals surface area contributed by atoms with Crippen molar-refractivity contribution in [2.24, 2.45) is 0 Å². The Bertz CT molecular complexity index is 582. The lowest BCUT2D eigenvalue weighted by Crippen LogP contribution is -2.43. The van der Waals surface area contributed by atoms with Gasteiger partial charge in [0.2, 0.25) is 6.79 Å². The summed E-state index contributed by atoms with van der Waals surface area (Å²) < 4.78 is 39.0. The van der Waals surface area contributed by atoms with Crippen molar-refractivity contribution in [3.63, 3.8) is 0 Å². The van der Waals surface area contributed by atoms with Gasteiger partial charge in [0, 0.05) is 19.6 Å². The number of hydrogen-bond donors (Lipinski definition) is 1. The molecule has 1 N–H and O–H groups in total. The van der Waals surface area contributed by atoms with Crippen LogP contribution in [0.3, 0.4) is 0 Å². The summed E-state index contributed by atoms with van der Waals surface area (Å²) in [7, 11) is -3.38. The Morgan fingerprint density at radius 1 is 1.10 bits per heavy atom. The smallest absolute Gasteiger partial charge is 0.279 e. The van der Waals surface area contributed by atoms with Gasteiger partial charge in [-0.05, 0) is 30.5 Å². The summed E-state index contributed by atoms with van der Waals surface area (Å²) in [6.45, 7) is 1.70. The first kappa shape index (κ1) is 13.7. The van der Waals surface area contributed by atoms with Crippen LogP contribution in [0.5, 0.6) is 11.5 Å². The number of hydrogen-bond acceptors (Lipinski definition) is 4. The minimum Gasteiger partial charge on any atom is -0.454 e. The van der Waals surface area contributed by atoms with E-state index in [1.807, 2.05) is 6.07 Å². The van der Waals surface area contributed by atoms with E-state index in [0.29, 0.717) is 24.6 Å². The molecule has 1 aromatic rings. The van der Waals surface area contributed by atoms with Crippen LogP contribution in [0.4, 0.5) is 0 Å². The van der Waals surface area contributed by atoms with Gasteiger partial charge in [0.1, 0.15) is 0 Å². The third-order valence-electron chi connectivity index (χ3n) is 3.55. The van der Waals surface area contributed by atoms with Crippen LogP contribution in [0.15, 0.2) is 18.2 Å². The topological polar surface area (TPSA) is 67.9 Å². The van der Waals surface area contributed by atoms with Crippen LogP contribution in [0, 0.1) is 0 Å². The zero-order chi connectivity index (χ0) is 14.0. The Balaban J connectivity index is 1.63. The largest absolute Gasteiger partial charge is 0.454 e. The van der Waals surface area contributed by atoms with Crippen molar-refractivity contribution >= 4 is 10.2 Å². The lowest BCUT2D eigenvalue weighted by atomic mass is 10.2. The van der Waals surface area contributed by atoms with E-state index < -0.39 is 10.2 Å². The number of nitrogens with zero attached hydrogens (tertiary/aromatic N) is 1. The van der Waals surface area contributed by atoms with E-state index >= 15 is 0 Å². The first-order valence-electron chi connectivity index (χ1n) is 6.78. The monoisotopic (exact) mass is 298 g/mol. The van der Waals surface area contributed by atoms with Crippen molar-refractivity contribution in [2.75, 3.05) is 19.9 Å². The Labute approximate surface area is 118 Å². The molecule has 6 nitrogen and oxygen atoms in total. The zero-order valence-corrected chi connectivity index (χ0v) is 12.0. The summed E-state index contributed by atoms with van der Waals surface area (Å²) in [5, 5.41) is 0. The van der Waals surface area contributed by atoms with Crippen LogP contribution < -0.4 is 14.2 Å². The maximum Gasteiger partial charge on any atom is 0.279 e. The van der Waals surface area contributed by atoms with Crippen LogP contribution in [-0.2, 0) is 16.8 Å². The van der Waals surface area contributed by atoms with Crippen LogP contribution in [-0.4, -0.2) is 32.6 Å². The summed E-state index contributed by atoms with van der Waals surface area (Å²) >= 11 is 0. The number of fused-ring (bicyclic) bond motifs is 1. The number of benzene rings is 1. The second-order valence-corrected chi connectivity index (χ2v) is 6.73. The average Bonchev–Trinajstić information content (AvgIpc) is 2.94. The van der Waals surface area contributed by atoms with Gasteiger partial charge in [0.05, 0.1) is 0 Å². The normalized spacial score (nSPS) is 19.2. The number of rotatable bonds is 4. The van der Waals surface area contributed by atoms with Gasteiger partial charge < -0.3 is 9.47 Å². The first-order chi connectivity index (χ1) is 9.65. The molecule has 0 unspecified atom stereocenters. The highest BCUT2D eigenvalue weighted by Gasteiger charge is 2.23. The summed E-state index contributed by atoms with van der Waals surface area (Å²) in [4.78, 5) is 0. The summed E-state index contributed by atoms with van der Waals surface area (Å²) in [5.41, 5.74) is 0.856. The lowest BCUT2D eigenvalue weighted by Gasteiger charge is -2.25. The molecule has 2 aliphatic rings. The van der Waals surface area contributed by atoms with E-state index in [2.05, 4.69) is 4.72 Å². The van der Waals surface area contributed by atoms with Crippen molar-refractivity contribution in [3.05, 3.63) is 23.8 Å². The van der Waals surface area contributed by atoms with E-state index in [1.165, 1.54) is 4.31 Å². The first-order valence-corrected chi connectivity index (χ1v) is 8.22. The highest BCUT2D eigenvalue weighted by molar-refractivity contribution is 7.87. The second kappa shape index (κ2) is 5.59. The van der Waals surface area contributed by atoms with Gasteiger partial charge in [-0.15, -0.1) is 0 Å². The van der Waals surface area contributed by atoms with E-state index in [9.17, 15) is 8.42 Å². The molecule has 0 aromatic heterocycles. The van der Waals surface area contributed by atoms with Gasteiger partial charge in [-0.2, -0.15) is 17.4 Å². The van der Waals surface area contributed by atoms with Gasteiger partial charge in [-0.25, -0.2) is 0 Å². The molecule has 3 rings (SSSR count). The lowest BCUT2D eigenvalue weighted by molar-refractivity contribution is 0.174. The fourth-order valence-electron chi connectivity index (χ4n) is 2.42. The highest BCUT2D eigenvalue weighted by Crippen LogP contribution is 2.32. The number of nitrogens with one attached hydrogen (secondary N) is 1. The van der Waals surface area contributed by atoms with Crippen molar-refractivity contribution in [1.29, 1.82) is 0 Å². The molecule has 0 aliphatic carbocycles. The molecule has 2 aliphatic heterocycles. The SMILES string of the molecule is O=S(=O)(NCc1ccc2c(c1)OCO2)N1CCCCC1. The maximum absolute atomic E-state index is 12.2. The molecule has 2 heterocycles. The summed E-state index contributed by atoms with van der Waals surface area (Å²) in [6, 6.07) is 5.44. The molecule has 0 bridgehead atoms. The van der Waals surface area contributed by atoms with Gasteiger partial charge >= 0.3 is 0 Å². The summed E-state index contributed by atoms with van der Waals surface area (Å²) in [6.07, 6.45) is 2.98. The van der Waals surface area contributed by atoms with Gasteiger partial charge in [-0.3, -0.25) is 0 Å². The molecule has 7 heteroatoms. The minimum absolute atomic E-state index is 0.221. The molecule has 1 saturated heterocycles. The van der Waals surface area contributed by atoms with Crippen molar-refractivity contribution in [2.45, 2.75) is 25.8 Å². The van der Waals surface area contributed by atoms with Crippen LogP contribution in [0.25, 0.3) is 0 Å². The van der Waals surface area contributed by atoms with E-state index in [1.54, 1.807) is 12.1 Å². The molecule has 0 radical (unpaired) electrons. The van der Waals surface area contributed by atoms with Crippen LogP contribution in [0.2, 0.25) is 0 Å². The van der Waals surface area contributed by atoms with Crippen molar-refractivity contribution in [1.82, 2.24) is 9.03 Å². The molecule has 0 spiro atoms. The molecule has 0 amide bonds. The Morgan fingerprint density at radius 2 is 1.85 bits per heavy atom. The summed E-state index contributed by atoms with van der Waals surface area (Å²) in [5.74, 6) is 1.37. The van der Waals surface area contributed by atoms with Gasteiger partial charge in [-0.1, -0.05) is 12.5 Å². The number of ether oxygens (including phenoxy) is 2. The quantitative estimate of drug-likeness (QED) is 0.908. The van der Waals surface area contributed by atoms with Gasteiger partial charge in [0.25, 0.3) is 10.2 Å². The van der Waals surface area contributed by atoms with Gasteiger partial charge in [0.15, 0.2) is 11.5 Å². The van der Waals surface area contributed by atoms with Crippen molar-refractivity contribution < 1.29 is 17.9 Å². The maximum atomic E-state index is 12.2. The van der Waals surface area contributed by atoms with Crippen molar-refractivity contribution in [3.8, 4) is 11.5 Å². The molecule has 1 aromatic carbocycles. The molecular weight excluding hydrogens is 280 g/mol. The predicted molar refractivity (Wildman–Crippen MR) is 73.7 cm³/mol. The van der Waals surface area contributed by atoms with E-state index in [4.69, 9.17) is 9.47 Å². The van der Waals surface area contributed by atoms with Crippen LogP contribution >= 0.6 is 0 Å². The molecule has 110 valence electrons. The molecular formula is C13H18N2O4S. The molecule has 20 heavy (non-hydrogen) atoms. The van der Waals surface area contributed by atoms with Crippen LogP contribution in [0.1, 0.15) is 24.8 Å². The third kappa shape index (κ3) is 2.89. The molecule has 0 saturated carbocycles. The Morgan fingerprint density at radius 3 is 2.65 bits per heavy atom. The third-order valence-corrected chi connectivity index (χ3v) is 5.10. The fraction of sp³-hybridized carbons (Fsp3) is 0.538. The highest BCUT2D eigenvalue weighted by atomic mass is 32.2. The minimum atomic E-state index is -3.38. The molecule has 1 fully saturated rings. The van der Waals surface area contributed by atoms with E-state index in [0.717, 1.165) is 24.8 Å². The average molecular weight is 298 g/mol. The molecule has 0 atom stereocenters.